The smallest absolute Gasteiger partial charge is 0.168 e. The van der Waals surface area contributed by atoms with Crippen LogP contribution in [0.5, 0.6) is 0 Å². The highest BCUT2D eigenvalue weighted by molar-refractivity contribution is 6.38. The van der Waals surface area contributed by atoms with Crippen LogP contribution in [0.15, 0.2) is 72.3 Å². The molecule has 0 bridgehead atoms. The number of ketones is 1. The van der Waals surface area contributed by atoms with Gasteiger partial charge >= 0.3 is 0 Å². The van der Waals surface area contributed by atoms with Crippen LogP contribution in [0.25, 0.3) is 16.3 Å². The molecule has 3 nitrogen and oxygen atoms in total. The average molecular weight is 469 g/mol. The molecular weight excluding hydrogens is 440 g/mol. The molecule has 34 heavy (non-hydrogen) atoms. The van der Waals surface area contributed by atoms with E-state index < -0.39 is 0 Å². The molecule has 3 aliphatic rings. The number of carbonyl (C=O) groups is 1. The van der Waals surface area contributed by atoms with E-state index in [1.807, 2.05) is 0 Å². The Morgan fingerprint density at radius 3 is 2.32 bits per heavy atom. The number of halogens is 1. The summed E-state index contributed by atoms with van der Waals surface area (Å²) < 4.78 is 0. The maximum absolute atomic E-state index is 13.4. The Kier molecular flexibility index (Phi) is 5.07. The molecule has 0 aromatic heterocycles. The largest absolute Gasteiger partial charge is 0.368 e. The number of fused-ring (bicyclic) bond motifs is 4. The molecule has 1 saturated heterocycles. The number of anilines is 2. The lowest BCUT2D eigenvalue weighted by Gasteiger charge is -2.38. The number of nitrogens with zero attached hydrogens (tertiary/aromatic N) is 2. The first-order valence-electron chi connectivity index (χ1n) is 12.2. The first-order chi connectivity index (χ1) is 16.4. The molecular formula is C30H29ClN2O. The fourth-order valence-electron chi connectivity index (χ4n) is 5.85. The number of Topliss-reactive ketones (excluding diaryl/α,β-unsaturated/α-hetero) is 1. The van der Waals surface area contributed by atoms with Gasteiger partial charge in [0.1, 0.15) is 0 Å². The van der Waals surface area contributed by atoms with Gasteiger partial charge in [0, 0.05) is 54.9 Å². The Bertz CT molecular complexity index is 1360. The molecule has 4 heteroatoms. The summed E-state index contributed by atoms with van der Waals surface area (Å²) in [6.07, 6.45) is 5.90. The molecule has 2 aliphatic carbocycles. The van der Waals surface area contributed by atoms with Crippen LogP contribution < -0.4 is 9.80 Å². The van der Waals surface area contributed by atoms with Crippen LogP contribution in [-0.4, -0.2) is 32.0 Å². The van der Waals surface area contributed by atoms with Gasteiger partial charge in [-0.2, -0.15) is 0 Å². The third kappa shape index (κ3) is 3.45. The summed E-state index contributed by atoms with van der Waals surface area (Å²) in [4.78, 5) is 18.3. The van der Waals surface area contributed by atoms with Crippen LogP contribution in [-0.2, 0) is 0 Å². The lowest BCUT2D eigenvalue weighted by atomic mass is 9.68. The van der Waals surface area contributed by atoms with E-state index >= 15 is 0 Å². The monoisotopic (exact) mass is 468 g/mol. The van der Waals surface area contributed by atoms with Crippen molar-refractivity contribution in [3.8, 4) is 0 Å². The van der Waals surface area contributed by atoms with E-state index in [-0.39, 0.29) is 11.2 Å². The minimum absolute atomic E-state index is 0.0158. The van der Waals surface area contributed by atoms with Crippen LogP contribution in [0.3, 0.4) is 0 Å². The number of carbonyl (C=O) groups excluding carboxylic acids is 1. The van der Waals surface area contributed by atoms with Crippen LogP contribution in [0.1, 0.15) is 42.6 Å². The summed E-state index contributed by atoms with van der Waals surface area (Å²) in [5, 5.41) is 2.62. The second-order valence-corrected chi connectivity index (χ2v) is 10.7. The number of benzene rings is 3. The second-order valence-electron chi connectivity index (χ2n) is 10.3. The van der Waals surface area contributed by atoms with Gasteiger partial charge < -0.3 is 9.80 Å². The summed E-state index contributed by atoms with van der Waals surface area (Å²) >= 11 is 6.92. The highest BCUT2D eigenvalue weighted by Crippen LogP contribution is 2.48. The molecule has 0 spiro atoms. The standard InChI is InChI=1S/C30H29ClN2O/c1-30(2)12-6-9-23-24-11-10-20-17-22(18-26(31)28(20)29(24)27(34)19-25(23)30)33-15-13-32(14-16-33)21-7-4-3-5-8-21/h3-11,17-18H,12-16,19H2,1-2H3. The fraction of sp³-hybridized carbons (Fsp3) is 0.300. The van der Waals surface area contributed by atoms with Crippen molar-refractivity contribution in [1.29, 1.82) is 0 Å². The molecule has 3 aromatic rings. The van der Waals surface area contributed by atoms with Gasteiger partial charge in [-0.05, 0) is 58.2 Å². The molecule has 6 rings (SSSR count). The number of para-hydroxylation sites is 1. The van der Waals surface area contributed by atoms with E-state index in [0.717, 1.165) is 60.2 Å². The SMILES string of the molecule is CC1(C)CC=CC2=C1CC(=O)c1c2ccc2cc(N3CCN(c4ccccc4)CC3)cc(Cl)c12. The number of hydrogen-bond acceptors (Lipinski definition) is 3. The number of allylic oxidation sites excluding steroid dienone is 4. The highest BCUT2D eigenvalue weighted by Gasteiger charge is 2.35. The Balaban J connectivity index is 1.35. The van der Waals surface area contributed by atoms with E-state index in [2.05, 4.69) is 90.4 Å². The van der Waals surface area contributed by atoms with Crippen molar-refractivity contribution in [3.63, 3.8) is 0 Å². The summed E-state index contributed by atoms with van der Waals surface area (Å²) in [5.74, 6) is 0.189. The zero-order valence-corrected chi connectivity index (χ0v) is 20.5. The van der Waals surface area contributed by atoms with Crippen molar-refractivity contribution in [2.75, 3.05) is 36.0 Å². The Hall–Kier alpha value is -3.04. The van der Waals surface area contributed by atoms with Gasteiger partial charge in [0.05, 0.1) is 5.02 Å². The molecule has 0 amide bonds. The number of rotatable bonds is 2. The summed E-state index contributed by atoms with van der Waals surface area (Å²) in [7, 11) is 0. The van der Waals surface area contributed by atoms with E-state index in [0.29, 0.717) is 11.4 Å². The fourth-order valence-corrected chi connectivity index (χ4v) is 6.17. The van der Waals surface area contributed by atoms with Crippen LogP contribution in [0.2, 0.25) is 5.02 Å². The predicted molar refractivity (Wildman–Crippen MR) is 143 cm³/mol. The van der Waals surface area contributed by atoms with Crippen molar-refractivity contribution in [2.24, 2.45) is 5.41 Å². The maximum Gasteiger partial charge on any atom is 0.168 e. The quantitative estimate of drug-likeness (QED) is 0.399. The van der Waals surface area contributed by atoms with Crippen molar-refractivity contribution >= 4 is 45.1 Å². The van der Waals surface area contributed by atoms with E-state index in [1.54, 1.807) is 0 Å². The minimum atomic E-state index is 0.0158. The van der Waals surface area contributed by atoms with E-state index in [4.69, 9.17) is 11.6 Å². The maximum atomic E-state index is 13.4. The van der Waals surface area contributed by atoms with Gasteiger partial charge in [-0.25, -0.2) is 0 Å². The van der Waals surface area contributed by atoms with Crippen LogP contribution in [0, 0.1) is 5.41 Å². The van der Waals surface area contributed by atoms with E-state index in [9.17, 15) is 4.79 Å². The first-order valence-corrected chi connectivity index (χ1v) is 12.6. The van der Waals surface area contributed by atoms with Gasteiger partial charge in [-0.1, -0.05) is 67.9 Å². The number of hydrogen-bond donors (Lipinski definition) is 0. The third-order valence-corrected chi connectivity index (χ3v) is 8.08. The zero-order valence-electron chi connectivity index (χ0n) is 19.8. The topological polar surface area (TPSA) is 23.6 Å². The lowest BCUT2D eigenvalue weighted by molar-refractivity contribution is 0.0985. The third-order valence-electron chi connectivity index (χ3n) is 7.78. The zero-order chi connectivity index (χ0) is 23.4. The van der Waals surface area contributed by atoms with Gasteiger partial charge in [0.15, 0.2) is 5.78 Å². The molecule has 3 aromatic carbocycles. The lowest BCUT2D eigenvalue weighted by Crippen LogP contribution is -2.46. The average Bonchev–Trinajstić information content (AvgIpc) is 2.85. The molecule has 0 radical (unpaired) electrons. The Morgan fingerprint density at radius 1 is 0.882 bits per heavy atom. The molecule has 1 fully saturated rings. The van der Waals surface area contributed by atoms with Crippen molar-refractivity contribution in [2.45, 2.75) is 26.7 Å². The predicted octanol–water partition coefficient (Wildman–Crippen LogP) is 7.15. The molecule has 0 unspecified atom stereocenters. The van der Waals surface area contributed by atoms with Crippen LogP contribution >= 0.6 is 11.6 Å². The molecule has 1 aliphatic heterocycles. The first kappa shape index (κ1) is 21.5. The van der Waals surface area contributed by atoms with Crippen LogP contribution in [0.4, 0.5) is 11.4 Å². The van der Waals surface area contributed by atoms with Crippen molar-refractivity contribution in [3.05, 3.63) is 88.5 Å². The molecule has 0 atom stereocenters. The molecule has 0 N–H and O–H groups in total. The van der Waals surface area contributed by atoms with Gasteiger partial charge in [-0.3, -0.25) is 4.79 Å². The Morgan fingerprint density at radius 2 is 1.59 bits per heavy atom. The number of piperazine rings is 1. The summed E-state index contributed by atoms with van der Waals surface area (Å²) in [6.45, 7) is 8.31. The van der Waals surface area contributed by atoms with Gasteiger partial charge in [0.25, 0.3) is 0 Å². The van der Waals surface area contributed by atoms with Crippen molar-refractivity contribution in [1.82, 2.24) is 0 Å². The highest BCUT2D eigenvalue weighted by atomic mass is 35.5. The normalized spacial score (nSPS) is 19.4. The second kappa shape index (κ2) is 8.02. The Labute approximate surface area is 206 Å². The summed E-state index contributed by atoms with van der Waals surface area (Å²) in [6, 6.07) is 19.1. The molecule has 1 heterocycles. The van der Waals surface area contributed by atoms with Crippen molar-refractivity contribution < 1.29 is 4.79 Å². The van der Waals surface area contributed by atoms with Gasteiger partial charge in [-0.15, -0.1) is 0 Å². The molecule has 172 valence electrons. The van der Waals surface area contributed by atoms with Gasteiger partial charge in [0.2, 0.25) is 0 Å². The summed E-state index contributed by atoms with van der Waals surface area (Å²) in [5.41, 5.74) is 6.73. The minimum Gasteiger partial charge on any atom is -0.368 e. The molecule has 0 saturated carbocycles. The van der Waals surface area contributed by atoms with E-state index in [1.165, 1.54) is 16.8 Å².